The molecule has 1 aliphatic rings. The van der Waals surface area contributed by atoms with E-state index < -0.39 is 0 Å². The average Bonchev–Trinajstić information content (AvgIpc) is 3.21. The minimum Gasteiger partial charge on any atom is -0.454 e. The first-order valence-corrected chi connectivity index (χ1v) is 11.1. The molecule has 0 N–H and O–H groups in total. The Balaban J connectivity index is 1.89. The minimum atomic E-state index is -0.349. The molecular weight excluding hydrogens is 432 g/mol. The Morgan fingerprint density at radius 2 is 1.12 bits per heavy atom. The third kappa shape index (κ3) is 4.62. The number of fused-ring (bicyclic) bond motifs is 1. The number of esters is 2. The van der Waals surface area contributed by atoms with Gasteiger partial charge in [0.15, 0.2) is 11.5 Å². The number of aryl methyl sites for hydroxylation is 4. The number of carbonyl (C=O) groups is 2. The van der Waals surface area contributed by atoms with Gasteiger partial charge in [-0.25, -0.2) is 0 Å². The van der Waals surface area contributed by atoms with E-state index in [9.17, 15) is 9.59 Å². The molecule has 0 fully saturated rings. The van der Waals surface area contributed by atoms with Crippen molar-refractivity contribution < 1.29 is 28.5 Å². The molecule has 0 amide bonds. The highest BCUT2D eigenvalue weighted by molar-refractivity contribution is 5.71. The van der Waals surface area contributed by atoms with Crippen molar-refractivity contribution in [3.05, 3.63) is 81.4 Å². The van der Waals surface area contributed by atoms with Crippen LogP contribution in [0.2, 0.25) is 0 Å². The molecule has 0 atom stereocenters. The molecule has 6 nitrogen and oxygen atoms in total. The number of benzene rings is 3. The van der Waals surface area contributed by atoms with E-state index in [0.717, 1.165) is 44.7 Å². The van der Waals surface area contributed by atoms with Gasteiger partial charge in [-0.05, 0) is 78.8 Å². The maximum Gasteiger partial charge on any atom is 0.308 e. The second kappa shape index (κ2) is 9.21. The largest absolute Gasteiger partial charge is 0.454 e. The molecule has 0 bridgehead atoms. The van der Waals surface area contributed by atoms with Crippen molar-refractivity contribution in [3.8, 4) is 23.0 Å². The Labute approximate surface area is 199 Å². The van der Waals surface area contributed by atoms with Crippen LogP contribution >= 0.6 is 0 Å². The summed E-state index contributed by atoms with van der Waals surface area (Å²) in [6.45, 7) is 10.8. The molecule has 1 aliphatic heterocycles. The summed E-state index contributed by atoms with van der Waals surface area (Å²) in [5.41, 5.74) is 6.62. The molecule has 0 spiro atoms. The van der Waals surface area contributed by atoms with Crippen LogP contribution < -0.4 is 18.9 Å². The fourth-order valence-electron chi connectivity index (χ4n) is 4.58. The molecule has 3 aromatic rings. The zero-order valence-electron chi connectivity index (χ0n) is 20.3. The van der Waals surface area contributed by atoms with Gasteiger partial charge in [-0.2, -0.15) is 0 Å². The maximum absolute atomic E-state index is 11.6. The minimum absolute atomic E-state index is 0.137. The molecule has 0 saturated heterocycles. The summed E-state index contributed by atoms with van der Waals surface area (Å²) < 4.78 is 22.1. The second-order valence-electron chi connectivity index (χ2n) is 8.70. The van der Waals surface area contributed by atoms with Crippen molar-refractivity contribution in [2.45, 2.75) is 47.5 Å². The Morgan fingerprint density at radius 3 is 1.56 bits per heavy atom. The molecule has 0 aliphatic carbocycles. The van der Waals surface area contributed by atoms with E-state index >= 15 is 0 Å². The number of hydrogen-bond donors (Lipinski definition) is 0. The summed E-state index contributed by atoms with van der Waals surface area (Å²) in [5, 5.41) is 0. The SMILES string of the molecule is CC(=O)Oc1c(C)cc(C(c2cc(C)c(OC(C)=O)c(C)c2)c2ccc3c(c2)OCO3)cc1C. The molecule has 0 radical (unpaired) electrons. The zero-order chi connectivity index (χ0) is 24.6. The van der Waals surface area contributed by atoms with Crippen LogP contribution in [-0.2, 0) is 9.59 Å². The van der Waals surface area contributed by atoms with Crippen molar-refractivity contribution in [2.75, 3.05) is 6.79 Å². The van der Waals surface area contributed by atoms with E-state index in [1.54, 1.807) is 0 Å². The highest BCUT2D eigenvalue weighted by Gasteiger charge is 2.24. The summed E-state index contributed by atoms with van der Waals surface area (Å²) in [6, 6.07) is 14.1. The molecule has 6 heteroatoms. The van der Waals surface area contributed by atoms with Gasteiger partial charge in [-0.3, -0.25) is 9.59 Å². The molecule has 34 heavy (non-hydrogen) atoms. The van der Waals surface area contributed by atoms with Crippen LogP contribution in [0.5, 0.6) is 23.0 Å². The van der Waals surface area contributed by atoms with Crippen molar-refractivity contribution in [1.82, 2.24) is 0 Å². The Morgan fingerprint density at radius 1 is 0.676 bits per heavy atom. The molecule has 0 unspecified atom stereocenters. The van der Waals surface area contributed by atoms with Crippen LogP contribution in [0.1, 0.15) is 58.7 Å². The van der Waals surface area contributed by atoms with Gasteiger partial charge in [0.1, 0.15) is 11.5 Å². The predicted octanol–water partition coefficient (Wildman–Crippen LogP) is 5.68. The van der Waals surface area contributed by atoms with E-state index in [1.807, 2.05) is 70.2 Å². The smallest absolute Gasteiger partial charge is 0.308 e. The summed E-state index contributed by atoms with van der Waals surface area (Å²) in [6.07, 6.45) is 0. The van der Waals surface area contributed by atoms with E-state index in [4.69, 9.17) is 18.9 Å². The molecule has 1 heterocycles. The Bertz CT molecular complexity index is 1170. The van der Waals surface area contributed by atoms with E-state index in [2.05, 4.69) is 0 Å². The lowest BCUT2D eigenvalue weighted by atomic mass is 9.82. The van der Waals surface area contributed by atoms with E-state index in [1.165, 1.54) is 13.8 Å². The van der Waals surface area contributed by atoms with Crippen LogP contribution in [0.3, 0.4) is 0 Å². The standard InChI is InChI=1S/C28H28O6/c1-15-9-22(10-16(2)27(15)33-19(5)29)26(21-7-8-24-25(13-21)32-14-31-24)23-11-17(3)28(18(4)12-23)34-20(6)30/h7-13,26H,14H2,1-6H3. The van der Waals surface area contributed by atoms with Gasteiger partial charge in [0.2, 0.25) is 6.79 Å². The number of carbonyl (C=O) groups excluding carboxylic acids is 2. The van der Waals surface area contributed by atoms with Gasteiger partial charge in [0.25, 0.3) is 0 Å². The number of ether oxygens (including phenoxy) is 4. The molecule has 3 aromatic carbocycles. The van der Waals surface area contributed by atoms with Gasteiger partial charge in [0, 0.05) is 19.8 Å². The van der Waals surface area contributed by atoms with Crippen molar-refractivity contribution in [3.63, 3.8) is 0 Å². The summed E-state index contributed by atoms with van der Waals surface area (Å²) in [5.74, 6) is 1.76. The molecule has 4 rings (SSSR count). The predicted molar refractivity (Wildman–Crippen MR) is 128 cm³/mol. The van der Waals surface area contributed by atoms with Gasteiger partial charge >= 0.3 is 11.9 Å². The molecule has 176 valence electrons. The van der Waals surface area contributed by atoms with Gasteiger partial charge < -0.3 is 18.9 Å². The van der Waals surface area contributed by atoms with Crippen LogP contribution in [0.25, 0.3) is 0 Å². The quantitative estimate of drug-likeness (QED) is 0.277. The van der Waals surface area contributed by atoms with E-state index in [-0.39, 0.29) is 24.6 Å². The topological polar surface area (TPSA) is 71.1 Å². The first kappa shape index (κ1) is 23.4. The van der Waals surface area contributed by atoms with Crippen LogP contribution in [0.15, 0.2) is 42.5 Å². The second-order valence-corrected chi connectivity index (χ2v) is 8.70. The lowest BCUT2D eigenvalue weighted by Crippen LogP contribution is -2.10. The highest BCUT2D eigenvalue weighted by Crippen LogP contribution is 2.42. The molecule has 0 aromatic heterocycles. The van der Waals surface area contributed by atoms with Crippen LogP contribution in [0, 0.1) is 27.7 Å². The monoisotopic (exact) mass is 460 g/mol. The zero-order valence-corrected chi connectivity index (χ0v) is 20.3. The number of rotatable bonds is 5. The lowest BCUT2D eigenvalue weighted by molar-refractivity contribution is -0.132. The van der Waals surface area contributed by atoms with Gasteiger partial charge in [0.05, 0.1) is 0 Å². The summed E-state index contributed by atoms with van der Waals surface area (Å²) in [4.78, 5) is 23.2. The fourth-order valence-corrected chi connectivity index (χ4v) is 4.58. The van der Waals surface area contributed by atoms with Crippen molar-refractivity contribution in [2.24, 2.45) is 0 Å². The highest BCUT2D eigenvalue weighted by atomic mass is 16.7. The molecule has 0 saturated carbocycles. The van der Waals surface area contributed by atoms with Gasteiger partial charge in [-0.15, -0.1) is 0 Å². The maximum atomic E-state index is 11.6. The first-order valence-electron chi connectivity index (χ1n) is 11.1. The van der Waals surface area contributed by atoms with Crippen LogP contribution in [-0.4, -0.2) is 18.7 Å². The number of hydrogen-bond acceptors (Lipinski definition) is 6. The average molecular weight is 461 g/mol. The normalized spacial score (nSPS) is 12.1. The Kier molecular flexibility index (Phi) is 6.33. The van der Waals surface area contributed by atoms with Crippen molar-refractivity contribution in [1.29, 1.82) is 0 Å². The van der Waals surface area contributed by atoms with Crippen LogP contribution in [0.4, 0.5) is 0 Å². The summed E-state index contributed by atoms with van der Waals surface area (Å²) in [7, 11) is 0. The first-order chi connectivity index (χ1) is 16.1. The lowest BCUT2D eigenvalue weighted by Gasteiger charge is -2.23. The Hall–Kier alpha value is -3.80. The van der Waals surface area contributed by atoms with Crippen molar-refractivity contribution >= 4 is 11.9 Å². The molecular formula is C28H28O6. The summed E-state index contributed by atoms with van der Waals surface area (Å²) >= 11 is 0. The van der Waals surface area contributed by atoms with Gasteiger partial charge in [-0.1, -0.05) is 30.3 Å². The third-order valence-corrected chi connectivity index (χ3v) is 5.85. The van der Waals surface area contributed by atoms with E-state index in [0.29, 0.717) is 17.2 Å². The fraction of sp³-hybridized carbons (Fsp3) is 0.286. The third-order valence-electron chi connectivity index (χ3n) is 5.85.